The molecule has 1 heterocycles. The van der Waals surface area contributed by atoms with Crippen molar-refractivity contribution < 1.29 is 4.74 Å². The van der Waals surface area contributed by atoms with Crippen molar-refractivity contribution in [3.05, 3.63) is 29.0 Å². The highest BCUT2D eigenvalue weighted by Gasteiger charge is 2.05. The second-order valence-electron chi connectivity index (χ2n) is 3.27. The predicted molar refractivity (Wildman–Crippen MR) is 61.3 cm³/mol. The largest absolute Gasteiger partial charge is 0.381 e. The lowest BCUT2D eigenvalue weighted by atomic mass is 10.3. The van der Waals surface area contributed by atoms with Gasteiger partial charge in [0.05, 0.1) is 17.1 Å². The summed E-state index contributed by atoms with van der Waals surface area (Å²) in [5, 5.41) is 0.686. The van der Waals surface area contributed by atoms with Gasteiger partial charge >= 0.3 is 0 Å². The lowest BCUT2D eigenvalue weighted by molar-refractivity contribution is 0.149. The minimum absolute atomic E-state index is 0.686. The van der Waals surface area contributed by atoms with Gasteiger partial charge < -0.3 is 9.72 Å². The summed E-state index contributed by atoms with van der Waals surface area (Å²) in [6, 6.07) is 5.73. The molecule has 3 nitrogen and oxygen atoms in total. The van der Waals surface area contributed by atoms with Crippen molar-refractivity contribution in [2.45, 2.75) is 13.3 Å². The van der Waals surface area contributed by atoms with Crippen LogP contribution in [0.4, 0.5) is 0 Å². The van der Waals surface area contributed by atoms with Crippen LogP contribution in [0.2, 0.25) is 5.02 Å². The number of hydrogen-bond donors (Lipinski definition) is 1. The van der Waals surface area contributed by atoms with Crippen LogP contribution in [0.1, 0.15) is 12.7 Å². The topological polar surface area (TPSA) is 37.9 Å². The number of nitrogens with zero attached hydrogens (tertiary/aromatic N) is 1. The summed E-state index contributed by atoms with van der Waals surface area (Å²) in [5.74, 6) is 0.923. The van der Waals surface area contributed by atoms with Crippen LogP contribution in [0.25, 0.3) is 11.0 Å². The quantitative estimate of drug-likeness (QED) is 0.811. The van der Waals surface area contributed by atoms with Crippen LogP contribution in [-0.2, 0) is 11.2 Å². The van der Waals surface area contributed by atoms with E-state index >= 15 is 0 Å². The molecule has 1 N–H and O–H groups in total. The normalized spacial score (nSPS) is 11.1. The molecule has 0 radical (unpaired) electrons. The van der Waals surface area contributed by atoms with Gasteiger partial charge in [-0.1, -0.05) is 17.7 Å². The lowest BCUT2D eigenvalue weighted by Crippen LogP contribution is -1.99. The highest BCUT2D eigenvalue weighted by atomic mass is 35.5. The Balaban J connectivity index is 2.20. The highest BCUT2D eigenvalue weighted by molar-refractivity contribution is 6.34. The number of para-hydroxylation sites is 1. The van der Waals surface area contributed by atoms with Crippen LogP contribution in [0.3, 0.4) is 0 Å². The molecule has 0 spiro atoms. The average Bonchev–Trinajstić information content (AvgIpc) is 2.63. The summed E-state index contributed by atoms with van der Waals surface area (Å²) in [7, 11) is 0. The number of imidazole rings is 1. The van der Waals surface area contributed by atoms with Crippen molar-refractivity contribution in [1.29, 1.82) is 0 Å². The fourth-order valence-corrected chi connectivity index (χ4v) is 1.70. The Hall–Kier alpha value is -1.06. The molecule has 1 aromatic carbocycles. The highest BCUT2D eigenvalue weighted by Crippen LogP contribution is 2.20. The van der Waals surface area contributed by atoms with Gasteiger partial charge in [-0.15, -0.1) is 0 Å². The zero-order valence-electron chi connectivity index (χ0n) is 8.59. The van der Waals surface area contributed by atoms with E-state index in [1.165, 1.54) is 0 Å². The number of ether oxygens (including phenoxy) is 1. The van der Waals surface area contributed by atoms with Crippen LogP contribution < -0.4 is 0 Å². The monoisotopic (exact) mass is 224 g/mol. The predicted octanol–water partition coefficient (Wildman–Crippen LogP) is 2.80. The summed E-state index contributed by atoms with van der Waals surface area (Å²) >= 11 is 6.02. The van der Waals surface area contributed by atoms with E-state index in [2.05, 4.69) is 9.97 Å². The minimum Gasteiger partial charge on any atom is -0.381 e. The SMILES string of the molecule is CCOCCc1nc2c(Cl)cccc2[nH]1. The molecule has 1 aromatic heterocycles. The van der Waals surface area contributed by atoms with Crippen molar-refractivity contribution in [3.8, 4) is 0 Å². The maximum atomic E-state index is 6.02. The van der Waals surface area contributed by atoms with E-state index in [1.807, 2.05) is 25.1 Å². The van der Waals surface area contributed by atoms with Crippen molar-refractivity contribution in [3.63, 3.8) is 0 Å². The first-order valence-electron chi connectivity index (χ1n) is 5.02. The maximum absolute atomic E-state index is 6.02. The Kier molecular flexibility index (Phi) is 3.23. The summed E-state index contributed by atoms with van der Waals surface area (Å²) in [5.41, 5.74) is 1.82. The Morgan fingerprint density at radius 2 is 2.33 bits per heavy atom. The zero-order chi connectivity index (χ0) is 10.7. The molecule has 80 valence electrons. The fourth-order valence-electron chi connectivity index (χ4n) is 1.48. The molecule has 2 aromatic rings. The molecule has 0 aliphatic carbocycles. The van der Waals surface area contributed by atoms with E-state index in [0.29, 0.717) is 11.6 Å². The zero-order valence-corrected chi connectivity index (χ0v) is 9.34. The number of aromatic nitrogens is 2. The Bertz CT molecular complexity index is 453. The Morgan fingerprint density at radius 3 is 3.07 bits per heavy atom. The molecule has 0 atom stereocenters. The summed E-state index contributed by atoms with van der Waals surface area (Å²) in [6.45, 7) is 3.41. The number of H-pyrrole nitrogens is 1. The molecular weight excluding hydrogens is 212 g/mol. The van der Waals surface area contributed by atoms with Crippen molar-refractivity contribution in [2.75, 3.05) is 13.2 Å². The van der Waals surface area contributed by atoms with Gasteiger partial charge in [0.2, 0.25) is 0 Å². The first-order chi connectivity index (χ1) is 7.31. The molecule has 0 unspecified atom stereocenters. The van der Waals surface area contributed by atoms with Gasteiger partial charge in [0.1, 0.15) is 11.3 Å². The third-order valence-electron chi connectivity index (χ3n) is 2.20. The van der Waals surface area contributed by atoms with Crippen LogP contribution in [0.15, 0.2) is 18.2 Å². The number of rotatable bonds is 4. The number of hydrogen-bond acceptors (Lipinski definition) is 2. The molecule has 2 rings (SSSR count). The Labute approximate surface area is 93.4 Å². The second kappa shape index (κ2) is 4.64. The van der Waals surface area contributed by atoms with Gasteiger partial charge in [-0.3, -0.25) is 0 Å². The van der Waals surface area contributed by atoms with Gasteiger partial charge in [0.15, 0.2) is 0 Å². The standard InChI is InChI=1S/C11H13ClN2O/c1-2-15-7-6-10-13-9-5-3-4-8(12)11(9)14-10/h3-5H,2,6-7H2,1H3,(H,13,14). The number of halogens is 1. The van der Waals surface area contributed by atoms with Gasteiger partial charge in [0, 0.05) is 13.0 Å². The third kappa shape index (κ3) is 2.30. The number of benzene rings is 1. The lowest BCUT2D eigenvalue weighted by Gasteiger charge is -1.96. The van der Waals surface area contributed by atoms with E-state index in [1.54, 1.807) is 0 Å². The van der Waals surface area contributed by atoms with Gasteiger partial charge in [0.25, 0.3) is 0 Å². The van der Waals surface area contributed by atoms with Gasteiger partial charge in [-0.05, 0) is 19.1 Å². The molecule has 0 saturated carbocycles. The third-order valence-corrected chi connectivity index (χ3v) is 2.50. The van der Waals surface area contributed by atoms with E-state index in [4.69, 9.17) is 16.3 Å². The van der Waals surface area contributed by atoms with Crippen LogP contribution in [0, 0.1) is 0 Å². The molecule has 0 amide bonds. The molecule has 4 heteroatoms. The van der Waals surface area contributed by atoms with Crippen LogP contribution in [-0.4, -0.2) is 23.2 Å². The van der Waals surface area contributed by atoms with Crippen molar-refractivity contribution in [1.82, 2.24) is 9.97 Å². The number of nitrogens with one attached hydrogen (secondary N) is 1. The number of aromatic amines is 1. The van der Waals surface area contributed by atoms with Gasteiger partial charge in [-0.2, -0.15) is 0 Å². The molecule has 15 heavy (non-hydrogen) atoms. The molecule has 0 fully saturated rings. The maximum Gasteiger partial charge on any atom is 0.109 e. The molecule has 0 bridgehead atoms. The van der Waals surface area contributed by atoms with Crippen LogP contribution in [0.5, 0.6) is 0 Å². The first-order valence-corrected chi connectivity index (χ1v) is 5.40. The van der Waals surface area contributed by atoms with E-state index in [9.17, 15) is 0 Å². The molecular formula is C11H13ClN2O. The first kappa shape index (κ1) is 10.5. The molecule has 0 aliphatic heterocycles. The summed E-state index contributed by atoms with van der Waals surface area (Å²) < 4.78 is 5.27. The Morgan fingerprint density at radius 1 is 1.47 bits per heavy atom. The minimum atomic E-state index is 0.686. The van der Waals surface area contributed by atoms with E-state index in [0.717, 1.165) is 29.9 Å². The molecule has 0 saturated heterocycles. The number of fused-ring (bicyclic) bond motifs is 1. The van der Waals surface area contributed by atoms with Gasteiger partial charge in [-0.25, -0.2) is 4.98 Å². The van der Waals surface area contributed by atoms with E-state index < -0.39 is 0 Å². The smallest absolute Gasteiger partial charge is 0.109 e. The van der Waals surface area contributed by atoms with Crippen LogP contribution >= 0.6 is 11.6 Å². The van der Waals surface area contributed by atoms with Crippen molar-refractivity contribution >= 4 is 22.6 Å². The average molecular weight is 225 g/mol. The van der Waals surface area contributed by atoms with E-state index in [-0.39, 0.29) is 0 Å². The summed E-state index contributed by atoms with van der Waals surface area (Å²) in [6.07, 6.45) is 0.791. The van der Waals surface area contributed by atoms with Crippen molar-refractivity contribution in [2.24, 2.45) is 0 Å². The molecule has 0 aliphatic rings. The summed E-state index contributed by atoms with van der Waals surface area (Å²) in [4.78, 5) is 7.64. The fraction of sp³-hybridized carbons (Fsp3) is 0.364. The second-order valence-corrected chi connectivity index (χ2v) is 3.67.